The minimum absolute atomic E-state index is 0.239. The van der Waals surface area contributed by atoms with Gasteiger partial charge < -0.3 is 16.4 Å². The molecule has 1 aromatic rings. The second-order valence-electron chi connectivity index (χ2n) is 4.21. The lowest BCUT2D eigenvalue weighted by atomic mass is 10.2. The first-order chi connectivity index (χ1) is 8.47. The van der Waals surface area contributed by atoms with Gasteiger partial charge in [0.2, 0.25) is 0 Å². The van der Waals surface area contributed by atoms with Crippen molar-refractivity contribution in [1.29, 1.82) is 0 Å². The SMILES string of the molecule is CSCCC(C)N(C)c1nc(C(N)=O)ccc1N. The molecule has 1 heterocycles. The second kappa shape index (κ2) is 6.49. The first-order valence-corrected chi connectivity index (χ1v) is 7.14. The summed E-state index contributed by atoms with van der Waals surface area (Å²) < 4.78 is 0. The van der Waals surface area contributed by atoms with Crippen LogP contribution in [0.4, 0.5) is 11.5 Å². The molecule has 0 radical (unpaired) electrons. The number of carbonyl (C=O) groups is 1. The molecule has 6 heteroatoms. The predicted molar refractivity (Wildman–Crippen MR) is 78.0 cm³/mol. The number of primary amides is 1. The fraction of sp³-hybridized carbons (Fsp3) is 0.500. The topological polar surface area (TPSA) is 85.2 Å². The van der Waals surface area contributed by atoms with Gasteiger partial charge in [0.15, 0.2) is 5.82 Å². The van der Waals surface area contributed by atoms with Crippen molar-refractivity contribution in [3.05, 3.63) is 17.8 Å². The quantitative estimate of drug-likeness (QED) is 0.813. The largest absolute Gasteiger partial charge is 0.396 e. The molecule has 0 spiro atoms. The summed E-state index contributed by atoms with van der Waals surface area (Å²) in [5.41, 5.74) is 11.9. The molecule has 0 aliphatic rings. The minimum atomic E-state index is -0.540. The first kappa shape index (κ1) is 14.6. The van der Waals surface area contributed by atoms with Crippen LogP contribution in [0.2, 0.25) is 0 Å². The molecule has 0 aliphatic heterocycles. The van der Waals surface area contributed by atoms with Crippen molar-refractivity contribution >= 4 is 29.2 Å². The zero-order chi connectivity index (χ0) is 13.7. The van der Waals surface area contributed by atoms with Gasteiger partial charge in [-0.15, -0.1) is 0 Å². The number of nitrogen functional groups attached to an aromatic ring is 1. The Morgan fingerprint density at radius 3 is 2.78 bits per heavy atom. The molecule has 0 aliphatic carbocycles. The Bertz CT molecular complexity index is 425. The summed E-state index contributed by atoms with van der Waals surface area (Å²) in [5, 5.41) is 0. The van der Waals surface area contributed by atoms with Crippen molar-refractivity contribution in [3.63, 3.8) is 0 Å². The van der Waals surface area contributed by atoms with Gasteiger partial charge in [-0.25, -0.2) is 4.98 Å². The molecule has 1 atom stereocenters. The van der Waals surface area contributed by atoms with Crippen LogP contribution >= 0.6 is 11.8 Å². The van der Waals surface area contributed by atoms with Crippen LogP contribution in [0.15, 0.2) is 12.1 Å². The number of hydrogen-bond acceptors (Lipinski definition) is 5. The number of pyridine rings is 1. The number of amides is 1. The zero-order valence-corrected chi connectivity index (χ0v) is 11.8. The molecule has 1 unspecified atom stereocenters. The van der Waals surface area contributed by atoms with Gasteiger partial charge in [0, 0.05) is 13.1 Å². The number of nitrogens with zero attached hydrogens (tertiary/aromatic N) is 2. The molecule has 0 saturated heterocycles. The summed E-state index contributed by atoms with van der Waals surface area (Å²) in [6.07, 6.45) is 3.10. The van der Waals surface area contributed by atoms with Gasteiger partial charge in [0.1, 0.15) is 5.69 Å². The number of carbonyl (C=O) groups excluding carboxylic acids is 1. The molecule has 1 aromatic heterocycles. The normalized spacial score (nSPS) is 12.2. The van der Waals surface area contributed by atoms with Crippen LogP contribution in [0, 0.1) is 0 Å². The highest BCUT2D eigenvalue weighted by atomic mass is 32.2. The van der Waals surface area contributed by atoms with Crippen molar-refractivity contribution in [2.75, 3.05) is 29.7 Å². The third kappa shape index (κ3) is 3.53. The smallest absolute Gasteiger partial charge is 0.267 e. The molecule has 4 N–H and O–H groups in total. The van der Waals surface area contributed by atoms with Crippen molar-refractivity contribution in [3.8, 4) is 0 Å². The number of rotatable bonds is 6. The first-order valence-electron chi connectivity index (χ1n) is 5.75. The van der Waals surface area contributed by atoms with E-state index in [1.807, 2.05) is 11.9 Å². The lowest BCUT2D eigenvalue weighted by molar-refractivity contribution is 0.0995. The number of thioether (sulfide) groups is 1. The molecule has 5 nitrogen and oxygen atoms in total. The van der Waals surface area contributed by atoms with E-state index in [9.17, 15) is 4.79 Å². The van der Waals surface area contributed by atoms with Gasteiger partial charge in [0.05, 0.1) is 5.69 Å². The third-order valence-corrected chi connectivity index (χ3v) is 3.54. The molecule has 0 fully saturated rings. The fourth-order valence-corrected chi connectivity index (χ4v) is 2.15. The molecule has 0 aromatic carbocycles. The highest BCUT2D eigenvalue weighted by Crippen LogP contribution is 2.22. The number of anilines is 2. The van der Waals surface area contributed by atoms with Crippen LogP contribution in [0.5, 0.6) is 0 Å². The van der Waals surface area contributed by atoms with Crippen LogP contribution in [0.3, 0.4) is 0 Å². The van der Waals surface area contributed by atoms with E-state index >= 15 is 0 Å². The molecule has 0 bridgehead atoms. The van der Waals surface area contributed by atoms with E-state index < -0.39 is 5.91 Å². The van der Waals surface area contributed by atoms with Crippen molar-refractivity contribution in [2.45, 2.75) is 19.4 Å². The molecule has 18 heavy (non-hydrogen) atoms. The van der Waals surface area contributed by atoms with Crippen molar-refractivity contribution in [1.82, 2.24) is 4.98 Å². The Balaban J connectivity index is 2.93. The maximum Gasteiger partial charge on any atom is 0.267 e. The van der Waals surface area contributed by atoms with E-state index in [4.69, 9.17) is 11.5 Å². The van der Waals surface area contributed by atoms with Crippen LogP contribution in [-0.4, -0.2) is 36.0 Å². The van der Waals surface area contributed by atoms with Gasteiger partial charge in [-0.2, -0.15) is 11.8 Å². The number of aromatic nitrogens is 1. The van der Waals surface area contributed by atoms with E-state index in [-0.39, 0.29) is 5.69 Å². The standard InChI is InChI=1S/C12H20N4OS/c1-8(6-7-18-3)16(2)12-9(13)4-5-10(15-12)11(14)17/h4-5,8H,6-7,13H2,1-3H3,(H2,14,17). The Hall–Kier alpha value is -1.43. The average Bonchev–Trinajstić information content (AvgIpc) is 2.35. The maximum atomic E-state index is 11.1. The Labute approximate surface area is 112 Å². The lowest BCUT2D eigenvalue weighted by Crippen LogP contribution is -2.31. The summed E-state index contributed by atoms with van der Waals surface area (Å²) in [6, 6.07) is 3.51. The van der Waals surface area contributed by atoms with Gasteiger partial charge in [-0.3, -0.25) is 4.79 Å². The van der Waals surface area contributed by atoms with E-state index in [1.54, 1.807) is 23.9 Å². The summed E-state index contributed by atoms with van der Waals surface area (Å²) in [5.74, 6) is 1.14. The number of hydrogen-bond donors (Lipinski definition) is 2. The van der Waals surface area contributed by atoms with Crippen molar-refractivity contribution in [2.24, 2.45) is 5.73 Å². The Kier molecular flexibility index (Phi) is 5.27. The van der Waals surface area contributed by atoms with Gasteiger partial charge in [-0.1, -0.05) is 0 Å². The Morgan fingerprint density at radius 2 is 2.22 bits per heavy atom. The summed E-state index contributed by atoms with van der Waals surface area (Å²) >= 11 is 1.80. The summed E-state index contributed by atoms with van der Waals surface area (Å²) in [6.45, 7) is 2.11. The second-order valence-corrected chi connectivity index (χ2v) is 5.20. The van der Waals surface area contributed by atoms with E-state index in [1.165, 1.54) is 0 Å². The summed E-state index contributed by atoms with van der Waals surface area (Å²) in [7, 11) is 1.93. The number of nitrogens with two attached hydrogens (primary N) is 2. The maximum absolute atomic E-state index is 11.1. The highest BCUT2D eigenvalue weighted by Gasteiger charge is 2.15. The fourth-order valence-electron chi connectivity index (χ4n) is 1.57. The third-order valence-electron chi connectivity index (χ3n) is 2.89. The minimum Gasteiger partial charge on any atom is -0.396 e. The predicted octanol–water partition coefficient (Wildman–Crippen LogP) is 1.34. The van der Waals surface area contributed by atoms with Crippen LogP contribution < -0.4 is 16.4 Å². The average molecular weight is 268 g/mol. The van der Waals surface area contributed by atoms with Gasteiger partial charge in [0.25, 0.3) is 5.91 Å². The zero-order valence-electron chi connectivity index (χ0n) is 11.0. The molecule has 0 saturated carbocycles. The van der Waals surface area contributed by atoms with E-state index in [0.717, 1.165) is 12.2 Å². The molecule has 1 rings (SSSR count). The monoisotopic (exact) mass is 268 g/mol. The Morgan fingerprint density at radius 1 is 1.56 bits per heavy atom. The molecule has 100 valence electrons. The van der Waals surface area contributed by atoms with E-state index in [2.05, 4.69) is 18.2 Å². The van der Waals surface area contributed by atoms with Crippen molar-refractivity contribution < 1.29 is 4.79 Å². The summed E-state index contributed by atoms with van der Waals surface area (Å²) in [4.78, 5) is 17.3. The van der Waals surface area contributed by atoms with Gasteiger partial charge >= 0.3 is 0 Å². The van der Waals surface area contributed by atoms with Crippen LogP contribution in [-0.2, 0) is 0 Å². The lowest BCUT2D eigenvalue weighted by Gasteiger charge is -2.27. The van der Waals surface area contributed by atoms with E-state index in [0.29, 0.717) is 17.5 Å². The molecular weight excluding hydrogens is 248 g/mol. The van der Waals surface area contributed by atoms with Crippen LogP contribution in [0.25, 0.3) is 0 Å². The van der Waals surface area contributed by atoms with Crippen LogP contribution in [0.1, 0.15) is 23.8 Å². The highest BCUT2D eigenvalue weighted by molar-refractivity contribution is 7.98. The van der Waals surface area contributed by atoms with Gasteiger partial charge in [-0.05, 0) is 37.5 Å². The molecular formula is C12H20N4OS. The molecule has 1 amide bonds.